The Morgan fingerprint density at radius 2 is 2.00 bits per heavy atom. The van der Waals surface area contributed by atoms with Crippen LogP contribution in [-0.4, -0.2) is 29.3 Å². The Bertz CT molecular complexity index is 660. The number of hydrogen-bond donors (Lipinski definition) is 1. The highest BCUT2D eigenvalue weighted by Gasteiger charge is 2.33. The molecular formula is C17H19F3N4. The molecule has 1 saturated heterocycles. The minimum atomic E-state index is -4.32. The third kappa shape index (κ3) is 4.03. The molecule has 0 bridgehead atoms. The third-order valence-corrected chi connectivity index (χ3v) is 4.21. The number of alkyl halides is 3. The van der Waals surface area contributed by atoms with Crippen molar-refractivity contribution in [2.75, 3.05) is 18.0 Å². The molecule has 0 aliphatic carbocycles. The van der Waals surface area contributed by atoms with Crippen LogP contribution in [0.15, 0.2) is 42.6 Å². The molecule has 0 amide bonds. The first-order valence-electron chi connectivity index (χ1n) is 7.95. The van der Waals surface area contributed by atoms with Gasteiger partial charge in [0.15, 0.2) is 5.82 Å². The Kier molecular flexibility index (Phi) is 4.99. The van der Waals surface area contributed by atoms with Crippen molar-refractivity contribution in [1.82, 2.24) is 15.5 Å². The molecule has 0 spiro atoms. The van der Waals surface area contributed by atoms with Gasteiger partial charge in [-0.05, 0) is 36.6 Å². The summed E-state index contributed by atoms with van der Waals surface area (Å²) in [4.78, 5) is 2.11. The van der Waals surface area contributed by atoms with E-state index in [9.17, 15) is 13.2 Å². The Morgan fingerprint density at radius 1 is 1.17 bits per heavy atom. The minimum absolute atomic E-state index is 0.127. The maximum Gasteiger partial charge on any atom is 0.416 e. The van der Waals surface area contributed by atoms with Crippen LogP contribution in [0, 0.1) is 0 Å². The molecule has 7 heteroatoms. The molecule has 2 heterocycles. The fourth-order valence-corrected chi connectivity index (χ4v) is 3.02. The second-order valence-electron chi connectivity index (χ2n) is 5.90. The molecule has 1 aliphatic rings. The van der Waals surface area contributed by atoms with Crippen LogP contribution in [0.2, 0.25) is 0 Å². The fourth-order valence-electron chi connectivity index (χ4n) is 3.02. The van der Waals surface area contributed by atoms with E-state index >= 15 is 0 Å². The van der Waals surface area contributed by atoms with Gasteiger partial charge in [0, 0.05) is 31.9 Å². The second kappa shape index (κ2) is 7.17. The second-order valence-corrected chi connectivity index (χ2v) is 5.90. The van der Waals surface area contributed by atoms with Crippen molar-refractivity contribution >= 4 is 5.82 Å². The first-order valence-corrected chi connectivity index (χ1v) is 7.95. The van der Waals surface area contributed by atoms with Gasteiger partial charge >= 0.3 is 6.18 Å². The molecule has 0 saturated carbocycles. The van der Waals surface area contributed by atoms with Crippen LogP contribution in [0.25, 0.3) is 0 Å². The summed E-state index contributed by atoms with van der Waals surface area (Å²) >= 11 is 0. The predicted octanol–water partition coefficient (Wildman–Crippen LogP) is 3.25. The number of piperidine rings is 1. The van der Waals surface area contributed by atoms with Crippen molar-refractivity contribution in [3.05, 3.63) is 53.7 Å². The van der Waals surface area contributed by atoms with Crippen LogP contribution in [-0.2, 0) is 12.7 Å². The van der Waals surface area contributed by atoms with Crippen molar-refractivity contribution < 1.29 is 13.2 Å². The molecule has 1 aromatic carbocycles. The van der Waals surface area contributed by atoms with E-state index in [1.807, 2.05) is 12.1 Å². The van der Waals surface area contributed by atoms with E-state index in [0.717, 1.165) is 31.3 Å². The van der Waals surface area contributed by atoms with Gasteiger partial charge < -0.3 is 10.2 Å². The molecule has 24 heavy (non-hydrogen) atoms. The lowest BCUT2D eigenvalue weighted by atomic mass is 10.0. The van der Waals surface area contributed by atoms with E-state index in [-0.39, 0.29) is 18.2 Å². The van der Waals surface area contributed by atoms with Gasteiger partial charge in [-0.2, -0.15) is 18.3 Å². The molecule has 1 fully saturated rings. The van der Waals surface area contributed by atoms with Crippen LogP contribution in [0.1, 0.15) is 24.0 Å². The van der Waals surface area contributed by atoms with Gasteiger partial charge in [-0.25, -0.2) is 0 Å². The summed E-state index contributed by atoms with van der Waals surface area (Å²) < 4.78 is 39.1. The van der Waals surface area contributed by atoms with Crippen LogP contribution < -0.4 is 10.2 Å². The van der Waals surface area contributed by atoms with E-state index < -0.39 is 11.7 Å². The highest BCUT2D eigenvalue weighted by Crippen LogP contribution is 2.31. The normalized spacial score (nSPS) is 18.6. The first kappa shape index (κ1) is 16.7. The topological polar surface area (TPSA) is 41.0 Å². The first-order chi connectivity index (χ1) is 11.5. The summed E-state index contributed by atoms with van der Waals surface area (Å²) in [6.07, 6.45) is -0.798. The number of rotatable bonds is 4. The molecule has 1 aromatic heterocycles. The fraction of sp³-hybridized carbons (Fsp3) is 0.412. The molecule has 128 valence electrons. The Morgan fingerprint density at radius 3 is 2.75 bits per heavy atom. The van der Waals surface area contributed by atoms with Crippen molar-refractivity contribution in [3.8, 4) is 0 Å². The highest BCUT2D eigenvalue weighted by molar-refractivity contribution is 5.37. The molecule has 1 N–H and O–H groups in total. The Balaban J connectivity index is 1.63. The smallest absolute Gasteiger partial charge is 0.354 e. The van der Waals surface area contributed by atoms with E-state index in [1.54, 1.807) is 12.3 Å². The monoisotopic (exact) mass is 336 g/mol. The van der Waals surface area contributed by atoms with Gasteiger partial charge in [0.25, 0.3) is 0 Å². The SMILES string of the molecule is FC(F)(F)c1ccccc1CN[C@H]1CCCN(c2cccnn2)C1. The Labute approximate surface area is 138 Å². The predicted molar refractivity (Wildman–Crippen MR) is 85.6 cm³/mol. The molecule has 1 atom stereocenters. The number of nitrogens with zero attached hydrogens (tertiary/aromatic N) is 3. The summed E-state index contributed by atoms with van der Waals surface area (Å²) in [5.41, 5.74) is -0.291. The van der Waals surface area contributed by atoms with Gasteiger partial charge in [0.05, 0.1) is 5.56 Å². The largest absolute Gasteiger partial charge is 0.416 e. The lowest BCUT2D eigenvalue weighted by molar-refractivity contribution is -0.138. The number of anilines is 1. The maximum absolute atomic E-state index is 13.0. The lowest BCUT2D eigenvalue weighted by Crippen LogP contribution is -2.46. The third-order valence-electron chi connectivity index (χ3n) is 4.21. The van der Waals surface area contributed by atoms with Crippen molar-refractivity contribution in [2.24, 2.45) is 0 Å². The molecule has 4 nitrogen and oxygen atoms in total. The summed E-state index contributed by atoms with van der Waals surface area (Å²) in [6.45, 7) is 1.80. The number of benzene rings is 1. The van der Waals surface area contributed by atoms with Gasteiger partial charge in [-0.1, -0.05) is 18.2 Å². The summed E-state index contributed by atoms with van der Waals surface area (Å²) in [5, 5.41) is 11.2. The van der Waals surface area contributed by atoms with E-state index in [0.29, 0.717) is 6.54 Å². The average Bonchev–Trinajstić information content (AvgIpc) is 2.60. The van der Waals surface area contributed by atoms with Gasteiger partial charge in [0.2, 0.25) is 0 Å². The number of hydrogen-bond acceptors (Lipinski definition) is 4. The standard InChI is InChI=1S/C17H19F3N4/c18-17(19,20)15-7-2-1-5-13(15)11-21-14-6-4-10-24(12-14)16-8-3-9-22-23-16/h1-3,5,7-9,14,21H,4,6,10-12H2/t14-/m0/s1. The quantitative estimate of drug-likeness (QED) is 0.930. The Hall–Kier alpha value is -2.15. The van der Waals surface area contributed by atoms with Crippen LogP contribution >= 0.6 is 0 Å². The number of aromatic nitrogens is 2. The molecule has 0 radical (unpaired) electrons. The lowest BCUT2D eigenvalue weighted by Gasteiger charge is -2.34. The van der Waals surface area contributed by atoms with Crippen LogP contribution in [0.5, 0.6) is 0 Å². The number of nitrogens with one attached hydrogen (secondary N) is 1. The number of halogens is 3. The van der Waals surface area contributed by atoms with E-state index in [2.05, 4.69) is 20.4 Å². The van der Waals surface area contributed by atoms with Gasteiger partial charge in [-0.3, -0.25) is 0 Å². The molecule has 2 aromatic rings. The van der Waals surface area contributed by atoms with Crippen LogP contribution in [0.3, 0.4) is 0 Å². The minimum Gasteiger partial charge on any atom is -0.354 e. The van der Waals surface area contributed by atoms with Gasteiger partial charge in [0.1, 0.15) is 0 Å². The van der Waals surface area contributed by atoms with Crippen molar-refractivity contribution in [2.45, 2.75) is 31.6 Å². The zero-order valence-electron chi connectivity index (χ0n) is 13.1. The highest BCUT2D eigenvalue weighted by atomic mass is 19.4. The maximum atomic E-state index is 13.0. The van der Waals surface area contributed by atoms with E-state index in [1.165, 1.54) is 12.1 Å². The van der Waals surface area contributed by atoms with Crippen molar-refractivity contribution in [1.29, 1.82) is 0 Å². The zero-order valence-corrected chi connectivity index (χ0v) is 13.1. The molecular weight excluding hydrogens is 317 g/mol. The molecule has 1 aliphatic heterocycles. The van der Waals surface area contributed by atoms with E-state index in [4.69, 9.17) is 0 Å². The molecule has 0 unspecified atom stereocenters. The zero-order chi connectivity index (χ0) is 17.0. The van der Waals surface area contributed by atoms with Crippen LogP contribution in [0.4, 0.5) is 19.0 Å². The average molecular weight is 336 g/mol. The molecule has 3 rings (SSSR count). The summed E-state index contributed by atoms with van der Waals surface area (Å²) in [5.74, 6) is 0.805. The van der Waals surface area contributed by atoms with Crippen molar-refractivity contribution in [3.63, 3.8) is 0 Å². The van der Waals surface area contributed by atoms with Gasteiger partial charge in [-0.15, -0.1) is 5.10 Å². The summed E-state index contributed by atoms with van der Waals surface area (Å²) in [6, 6.07) is 9.57. The summed E-state index contributed by atoms with van der Waals surface area (Å²) in [7, 11) is 0.